The molecule has 0 heterocycles. The minimum absolute atomic E-state index is 0.0626. The summed E-state index contributed by atoms with van der Waals surface area (Å²) in [6, 6.07) is 22.5. The molecule has 6 heteroatoms. The molecule has 1 aliphatic rings. The van der Waals surface area contributed by atoms with E-state index >= 15 is 0 Å². The third-order valence-corrected chi connectivity index (χ3v) is 5.59. The number of hydrogen-bond acceptors (Lipinski definition) is 4. The molecule has 0 bridgehead atoms. The molecule has 0 spiro atoms. The second-order valence-electron chi connectivity index (χ2n) is 7.63. The van der Waals surface area contributed by atoms with E-state index in [-0.39, 0.29) is 18.9 Å². The standard InChI is InChI=1S/C26H25NO5/c1-2-31-18-9-7-8-17(14-18)24(15-25(28)29)27-26(30)32-16-23-21-12-5-3-10-19(21)20-11-4-6-13-22(20)23/h3-14,23-24H,2,15-16H2,1H3,(H,27,30)(H,28,29)/t24-/m1/s1. The van der Waals surface area contributed by atoms with Crippen LogP contribution in [0.4, 0.5) is 4.79 Å². The number of fused-ring (bicyclic) bond motifs is 3. The molecule has 6 nitrogen and oxygen atoms in total. The van der Waals surface area contributed by atoms with Crippen LogP contribution >= 0.6 is 0 Å². The van der Waals surface area contributed by atoms with Crippen molar-refractivity contribution in [2.45, 2.75) is 25.3 Å². The van der Waals surface area contributed by atoms with Crippen LogP contribution in [0.1, 0.15) is 42.0 Å². The zero-order valence-corrected chi connectivity index (χ0v) is 17.8. The van der Waals surface area contributed by atoms with Crippen LogP contribution in [-0.4, -0.2) is 30.4 Å². The van der Waals surface area contributed by atoms with Gasteiger partial charge < -0.3 is 19.9 Å². The lowest BCUT2D eigenvalue weighted by molar-refractivity contribution is -0.137. The first-order valence-corrected chi connectivity index (χ1v) is 10.6. The molecule has 164 valence electrons. The van der Waals surface area contributed by atoms with Gasteiger partial charge in [-0.2, -0.15) is 0 Å². The molecule has 0 saturated heterocycles. The number of aliphatic carboxylic acids is 1. The van der Waals surface area contributed by atoms with Crippen molar-refractivity contribution in [2.24, 2.45) is 0 Å². The fraction of sp³-hybridized carbons (Fsp3) is 0.231. The van der Waals surface area contributed by atoms with Gasteiger partial charge >= 0.3 is 12.1 Å². The minimum Gasteiger partial charge on any atom is -0.494 e. The van der Waals surface area contributed by atoms with Crippen molar-refractivity contribution >= 4 is 12.1 Å². The molecule has 3 aromatic rings. The Bertz CT molecular complexity index is 1080. The molecule has 32 heavy (non-hydrogen) atoms. The van der Waals surface area contributed by atoms with E-state index in [4.69, 9.17) is 9.47 Å². The third-order valence-electron chi connectivity index (χ3n) is 5.59. The van der Waals surface area contributed by atoms with E-state index in [1.165, 1.54) is 0 Å². The number of nitrogens with one attached hydrogen (secondary N) is 1. The summed E-state index contributed by atoms with van der Waals surface area (Å²) in [6.07, 6.45) is -0.917. The summed E-state index contributed by atoms with van der Waals surface area (Å²) in [7, 11) is 0. The summed E-state index contributed by atoms with van der Waals surface area (Å²) >= 11 is 0. The Balaban J connectivity index is 1.47. The average molecular weight is 431 g/mol. The molecular formula is C26H25NO5. The first-order chi connectivity index (χ1) is 15.6. The normalized spacial score (nSPS) is 13.0. The highest BCUT2D eigenvalue weighted by molar-refractivity contribution is 5.79. The Kier molecular flexibility index (Phi) is 6.40. The van der Waals surface area contributed by atoms with Crippen molar-refractivity contribution < 1.29 is 24.2 Å². The third kappa shape index (κ3) is 4.59. The lowest BCUT2D eigenvalue weighted by Crippen LogP contribution is -2.31. The topological polar surface area (TPSA) is 84.9 Å². The van der Waals surface area contributed by atoms with Crippen LogP contribution in [0.15, 0.2) is 72.8 Å². The highest BCUT2D eigenvalue weighted by Crippen LogP contribution is 2.44. The SMILES string of the molecule is CCOc1cccc([C@@H](CC(=O)O)NC(=O)OCC2c3ccccc3-c3ccccc32)c1. The second kappa shape index (κ2) is 9.56. The van der Waals surface area contributed by atoms with Gasteiger partial charge in [0.05, 0.1) is 19.1 Å². The zero-order chi connectivity index (χ0) is 22.5. The van der Waals surface area contributed by atoms with E-state index < -0.39 is 18.1 Å². The molecule has 2 N–H and O–H groups in total. The second-order valence-corrected chi connectivity index (χ2v) is 7.63. The average Bonchev–Trinajstić information content (AvgIpc) is 3.11. The maximum Gasteiger partial charge on any atom is 0.407 e. The summed E-state index contributed by atoms with van der Waals surface area (Å²) in [5.74, 6) is -0.460. The van der Waals surface area contributed by atoms with Crippen LogP contribution in [0.25, 0.3) is 11.1 Å². The molecule has 0 aromatic heterocycles. The number of carbonyl (C=O) groups excluding carboxylic acids is 1. The maximum absolute atomic E-state index is 12.6. The van der Waals surface area contributed by atoms with Gasteiger partial charge in [-0.15, -0.1) is 0 Å². The van der Waals surface area contributed by atoms with Crippen LogP contribution in [0.5, 0.6) is 5.75 Å². The molecule has 1 aliphatic carbocycles. The zero-order valence-electron chi connectivity index (χ0n) is 17.8. The molecule has 4 rings (SSSR count). The van der Waals surface area contributed by atoms with Crippen molar-refractivity contribution in [2.75, 3.05) is 13.2 Å². The smallest absolute Gasteiger partial charge is 0.407 e. The number of alkyl carbamates (subject to hydrolysis) is 1. The Labute approximate surface area is 186 Å². The Morgan fingerprint density at radius 3 is 2.25 bits per heavy atom. The van der Waals surface area contributed by atoms with E-state index in [0.29, 0.717) is 17.9 Å². The van der Waals surface area contributed by atoms with Crippen LogP contribution in [0, 0.1) is 0 Å². The number of rotatable bonds is 8. The van der Waals surface area contributed by atoms with Gasteiger partial charge in [0.25, 0.3) is 0 Å². The number of carboxylic acid groups (broad SMARTS) is 1. The molecule has 0 radical (unpaired) electrons. The van der Waals surface area contributed by atoms with Crippen molar-refractivity contribution in [1.29, 1.82) is 0 Å². The predicted octanol–water partition coefficient (Wildman–Crippen LogP) is 5.14. The molecule has 0 fully saturated rings. The van der Waals surface area contributed by atoms with Crippen molar-refractivity contribution in [3.8, 4) is 16.9 Å². The van der Waals surface area contributed by atoms with Crippen LogP contribution in [0.2, 0.25) is 0 Å². The van der Waals surface area contributed by atoms with Gasteiger partial charge in [0.15, 0.2) is 0 Å². The van der Waals surface area contributed by atoms with Gasteiger partial charge in [0, 0.05) is 5.92 Å². The minimum atomic E-state index is -1.02. The van der Waals surface area contributed by atoms with Gasteiger partial charge in [0.1, 0.15) is 12.4 Å². The van der Waals surface area contributed by atoms with E-state index in [1.807, 2.05) is 43.3 Å². The number of carboxylic acids is 1. The highest BCUT2D eigenvalue weighted by Gasteiger charge is 2.29. The van der Waals surface area contributed by atoms with Gasteiger partial charge in [-0.05, 0) is 46.9 Å². The van der Waals surface area contributed by atoms with Gasteiger partial charge in [-0.3, -0.25) is 4.79 Å². The van der Waals surface area contributed by atoms with Crippen molar-refractivity contribution in [1.82, 2.24) is 5.32 Å². The number of amides is 1. The quantitative estimate of drug-likeness (QED) is 0.516. The number of benzene rings is 3. The molecule has 0 unspecified atom stereocenters. The van der Waals surface area contributed by atoms with Crippen molar-refractivity contribution in [3.05, 3.63) is 89.5 Å². The van der Waals surface area contributed by atoms with Crippen LogP contribution in [-0.2, 0) is 9.53 Å². The lowest BCUT2D eigenvalue weighted by Gasteiger charge is -2.20. The van der Waals surface area contributed by atoms with E-state index in [0.717, 1.165) is 22.3 Å². The Morgan fingerprint density at radius 1 is 0.969 bits per heavy atom. The largest absolute Gasteiger partial charge is 0.494 e. The summed E-state index contributed by atoms with van der Waals surface area (Å²) < 4.78 is 11.1. The molecule has 0 saturated carbocycles. The fourth-order valence-corrected chi connectivity index (χ4v) is 4.20. The number of hydrogen-bond donors (Lipinski definition) is 2. The number of carbonyl (C=O) groups is 2. The summed E-state index contributed by atoms with van der Waals surface area (Å²) in [5, 5.41) is 12.0. The van der Waals surface area contributed by atoms with Crippen LogP contribution in [0.3, 0.4) is 0 Å². The fourth-order valence-electron chi connectivity index (χ4n) is 4.20. The number of ether oxygens (including phenoxy) is 2. The Hall–Kier alpha value is -3.80. The van der Waals surface area contributed by atoms with Gasteiger partial charge in [-0.1, -0.05) is 60.7 Å². The summed E-state index contributed by atoms with van der Waals surface area (Å²) in [4.78, 5) is 24.0. The van der Waals surface area contributed by atoms with E-state index in [2.05, 4.69) is 17.4 Å². The van der Waals surface area contributed by atoms with E-state index in [9.17, 15) is 14.7 Å². The molecule has 0 aliphatic heterocycles. The first kappa shape index (κ1) is 21.4. The predicted molar refractivity (Wildman–Crippen MR) is 121 cm³/mol. The monoisotopic (exact) mass is 431 g/mol. The first-order valence-electron chi connectivity index (χ1n) is 10.6. The van der Waals surface area contributed by atoms with Gasteiger partial charge in [-0.25, -0.2) is 4.79 Å². The molecule has 1 atom stereocenters. The molecular weight excluding hydrogens is 406 g/mol. The molecule has 1 amide bonds. The summed E-state index contributed by atoms with van der Waals surface area (Å²) in [6.45, 7) is 2.53. The lowest BCUT2D eigenvalue weighted by atomic mass is 9.98. The van der Waals surface area contributed by atoms with E-state index in [1.54, 1.807) is 24.3 Å². The summed E-state index contributed by atoms with van der Waals surface area (Å²) in [5.41, 5.74) is 5.18. The maximum atomic E-state index is 12.6. The highest BCUT2D eigenvalue weighted by atomic mass is 16.5. The van der Waals surface area contributed by atoms with Crippen LogP contribution < -0.4 is 10.1 Å². The Morgan fingerprint density at radius 2 is 1.62 bits per heavy atom. The van der Waals surface area contributed by atoms with Gasteiger partial charge in [0.2, 0.25) is 0 Å². The molecule has 3 aromatic carbocycles. The van der Waals surface area contributed by atoms with Crippen molar-refractivity contribution in [3.63, 3.8) is 0 Å².